The van der Waals surface area contributed by atoms with Crippen molar-refractivity contribution in [1.82, 2.24) is 4.90 Å². The standard InChI is InChI=1S/C23H27N3O2S2/c1-14(2)12-26-22(28)20(11-18-9-8-17(5)30-18)25-23(26)29-13-21(27)24-19-10-15(3)6-7-16(19)4/h6-11,14H,12-13H2,1-5H3,(H,24,27). The summed E-state index contributed by atoms with van der Waals surface area (Å²) in [5, 5.41) is 3.55. The van der Waals surface area contributed by atoms with E-state index in [0.29, 0.717) is 23.3 Å². The highest BCUT2D eigenvalue weighted by atomic mass is 32.2. The monoisotopic (exact) mass is 441 g/mol. The summed E-state index contributed by atoms with van der Waals surface area (Å²) in [5.41, 5.74) is 3.36. The molecule has 0 saturated heterocycles. The van der Waals surface area contributed by atoms with E-state index < -0.39 is 0 Å². The number of rotatable bonds is 6. The second-order valence-electron chi connectivity index (χ2n) is 7.84. The number of nitrogens with one attached hydrogen (secondary N) is 1. The molecule has 158 valence electrons. The minimum atomic E-state index is -0.111. The molecule has 0 bridgehead atoms. The molecule has 0 saturated carbocycles. The number of anilines is 1. The number of hydrogen-bond donors (Lipinski definition) is 1. The van der Waals surface area contributed by atoms with Gasteiger partial charge in [-0.25, -0.2) is 4.99 Å². The van der Waals surface area contributed by atoms with Gasteiger partial charge in [-0.15, -0.1) is 11.3 Å². The summed E-state index contributed by atoms with van der Waals surface area (Å²) in [6, 6.07) is 9.99. The van der Waals surface area contributed by atoms with Crippen LogP contribution in [0.3, 0.4) is 0 Å². The summed E-state index contributed by atoms with van der Waals surface area (Å²) >= 11 is 2.93. The molecule has 1 aromatic heterocycles. The molecule has 1 aliphatic rings. The zero-order valence-corrected chi connectivity index (χ0v) is 19.6. The van der Waals surface area contributed by atoms with Crippen molar-refractivity contribution in [3.05, 3.63) is 56.9 Å². The fourth-order valence-corrected chi connectivity index (χ4v) is 4.64. The van der Waals surface area contributed by atoms with Crippen LogP contribution in [0.1, 0.15) is 34.7 Å². The lowest BCUT2D eigenvalue weighted by Gasteiger charge is -2.19. The molecule has 5 nitrogen and oxygen atoms in total. The van der Waals surface area contributed by atoms with Crippen molar-refractivity contribution in [3.8, 4) is 0 Å². The van der Waals surface area contributed by atoms with Crippen LogP contribution in [0.2, 0.25) is 0 Å². The van der Waals surface area contributed by atoms with E-state index in [0.717, 1.165) is 21.7 Å². The maximum absolute atomic E-state index is 12.9. The molecule has 2 heterocycles. The number of benzene rings is 1. The Hall–Kier alpha value is -2.38. The van der Waals surface area contributed by atoms with Crippen LogP contribution in [0.4, 0.5) is 5.69 Å². The Labute approximate surface area is 186 Å². The van der Waals surface area contributed by atoms with Gasteiger partial charge in [-0.2, -0.15) is 0 Å². The smallest absolute Gasteiger partial charge is 0.278 e. The molecule has 3 rings (SSSR count). The highest BCUT2D eigenvalue weighted by Gasteiger charge is 2.31. The Morgan fingerprint density at radius 3 is 2.67 bits per heavy atom. The fourth-order valence-electron chi connectivity index (χ4n) is 3.02. The Morgan fingerprint density at radius 2 is 2.00 bits per heavy atom. The van der Waals surface area contributed by atoms with Gasteiger partial charge in [-0.1, -0.05) is 37.7 Å². The Balaban J connectivity index is 1.73. The van der Waals surface area contributed by atoms with E-state index in [1.54, 1.807) is 16.2 Å². The van der Waals surface area contributed by atoms with Gasteiger partial charge in [0.25, 0.3) is 5.91 Å². The molecule has 2 aromatic rings. The maximum Gasteiger partial charge on any atom is 0.278 e. The van der Waals surface area contributed by atoms with Crippen molar-refractivity contribution < 1.29 is 9.59 Å². The van der Waals surface area contributed by atoms with Gasteiger partial charge in [0.1, 0.15) is 5.70 Å². The number of thioether (sulfide) groups is 1. The van der Waals surface area contributed by atoms with Crippen LogP contribution in [-0.4, -0.2) is 34.2 Å². The Bertz CT molecular complexity index is 1020. The summed E-state index contributed by atoms with van der Waals surface area (Å²) < 4.78 is 0. The molecule has 0 aliphatic carbocycles. The number of aryl methyl sites for hydroxylation is 3. The molecule has 0 radical (unpaired) electrons. The number of amidine groups is 1. The fraction of sp³-hybridized carbons (Fsp3) is 0.348. The molecule has 7 heteroatoms. The zero-order chi connectivity index (χ0) is 21.8. The van der Waals surface area contributed by atoms with E-state index in [-0.39, 0.29) is 17.6 Å². The van der Waals surface area contributed by atoms with Crippen molar-refractivity contribution in [1.29, 1.82) is 0 Å². The predicted molar refractivity (Wildman–Crippen MR) is 128 cm³/mol. The van der Waals surface area contributed by atoms with Crippen molar-refractivity contribution in [3.63, 3.8) is 0 Å². The molecule has 1 N–H and O–H groups in total. The third-order valence-electron chi connectivity index (χ3n) is 4.50. The van der Waals surface area contributed by atoms with Crippen LogP contribution in [0.5, 0.6) is 0 Å². The van der Waals surface area contributed by atoms with Gasteiger partial charge < -0.3 is 5.32 Å². The first kappa shape index (κ1) is 22.3. The second kappa shape index (κ2) is 9.62. The number of thiophene rings is 1. The molecule has 1 aliphatic heterocycles. The number of nitrogens with zero attached hydrogens (tertiary/aromatic N) is 2. The Kier molecular flexibility index (Phi) is 7.15. The van der Waals surface area contributed by atoms with Crippen LogP contribution in [0.15, 0.2) is 41.0 Å². The minimum Gasteiger partial charge on any atom is -0.325 e. The first-order valence-corrected chi connectivity index (χ1v) is 11.7. The number of carbonyl (C=O) groups is 2. The first-order valence-electron chi connectivity index (χ1n) is 9.91. The minimum absolute atomic E-state index is 0.104. The van der Waals surface area contributed by atoms with Crippen molar-refractivity contribution >= 4 is 51.8 Å². The third-order valence-corrected chi connectivity index (χ3v) is 6.42. The van der Waals surface area contributed by atoms with E-state index in [9.17, 15) is 9.59 Å². The van der Waals surface area contributed by atoms with Crippen LogP contribution < -0.4 is 5.32 Å². The maximum atomic E-state index is 12.9. The van der Waals surface area contributed by atoms with Gasteiger partial charge in [-0.05, 0) is 62.1 Å². The van der Waals surface area contributed by atoms with E-state index in [2.05, 4.69) is 24.2 Å². The van der Waals surface area contributed by atoms with Crippen LogP contribution in [0, 0.1) is 26.7 Å². The molecule has 2 amide bonds. The van der Waals surface area contributed by atoms with Crippen LogP contribution >= 0.6 is 23.1 Å². The molecule has 1 aromatic carbocycles. The van der Waals surface area contributed by atoms with Gasteiger partial charge in [-0.3, -0.25) is 14.5 Å². The largest absolute Gasteiger partial charge is 0.325 e. The van der Waals surface area contributed by atoms with Crippen molar-refractivity contribution in [2.45, 2.75) is 34.6 Å². The highest BCUT2D eigenvalue weighted by Crippen LogP contribution is 2.27. The van der Waals surface area contributed by atoms with E-state index in [1.165, 1.54) is 16.6 Å². The SMILES string of the molecule is Cc1ccc(C)c(NC(=O)CSC2=NC(=Cc3ccc(C)s3)C(=O)N2CC(C)C)c1. The molecular weight excluding hydrogens is 414 g/mol. The van der Waals surface area contributed by atoms with E-state index in [1.807, 2.05) is 57.2 Å². The third kappa shape index (κ3) is 5.61. The van der Waals surface area contributed by atoms with E-state index >= 15 is 0 Å². The quantitative estimate of drug-likeness (QED) is 0.624. The van der Waals surface area contributed by atoms with Gasteiger partial charge in [0.2, 0.25) is 5.91 Å². The van der Waals surface area contributed by atoms with Gasteiger partial charge >= 0.3 is 0 Å². The molecule has 0 atom stereocenters. The number of hydrogen-bond acceptors (Lipinski definition) is 5. The molecule has 30 heavy (non-hydrogen) atoms. The summed E-state index contributed by atoms with van der Waals surface area (Å²) in [6.07, 6.45) is 1.83. The van der Waals surface area contributed by atoms with Gasteiger partial charge in [0.15, 0.2) is 5.17 Å². The number of aliphatic imine (C=N–C) groups is 1. The average Bonchev–Trinajstić information content (AvgIpc) is 3.21. The topological polar surface area (TPSA) is 61.8 Å². The van der Waals surface area contributed by atoms with Crippen molar-refractivity contribution in [2.24, 2.45) is 10.9 Å². The average molecular weight is 442 g/mol. The summed E-state index contributed by atoms with van der Waals surface area (Å²) in [7, 11) is 0. The summed E-state index contributed by atoms with van der Waals surface area (Å²) in [5.74, 6) is 0.276. The lowest BCUT2D eigenvalue weighted by atomic mass is 10.1. The molecule has 0 fully saturated rings. The highest BCUT2D eigenvalue weighted by molar-refractivity contribution is 8.14. The summed E-state index contributed by atoms with van der Waals surface area (Å²) in [6.45, 7) is 10.7. The zero-order valence-electron chi connectivity index (χ0n) is 18.0. The summed E-state index contributed by atoms with van der Waals surface area (Å²) in [4.78, 5) is 33.9. The first-order chi connectivity index (χ1) is 14.2. The van der Waals surface area contributed by atoms with Gasteiger partial charge in [0, 0.05) is 22.0 Å². The molecule has 0 unspecified atom stereocenters. The van der Waals surface area contributed by atoms with E-state index in [4.69, 9.17) is 0 Å². The second-order valence-corrected chi connectivity index (χ2v) is 10.1. The normalized spacial score (nSPS) is 15.3. The lowest BCUT2D eigenvalue weighted by Crippen LogP contribution is -2.34. The van der Waals surface area contributed by atoms with Crippen molar-refractivity contribution in [2.75, 3.05) is 17.6 Å². The molecule has 0 spiro atoms. The molecular formula is C23H27N3O2S2. The number of carbonyl (C=O) groups excluding carboxylic acids is 2. The van der Waals surface area contributed by atoms with Crippen LogP contribution in [-0.2, 0) is 9.59 Å². The van der Waals surface area contributed by atoms with Crippen LogP contribution in [0.25, 0.3) is 6.08 Å². The predicted octanol–water partition coefficient (Wildman–Crippen LogP) is 5.24. The Morgan fingerprint density at radius 1 is 1.23 bits per heavy atom. The lowest BCUT2D eigenvalue weighted by molar-refractivity contribution is -0.122. The number of amides is 2. The van der Waals surface area contributed by atoms with Gasteiger partial charge in [0.05, 0.1) is 5.75 Å².